The quantitative estimate of drug-likeness (QED) is 0.802. The number of nitrogens with zero attached hydrogens (tertiary/aromatic N) is 5. The standard InChI is InChI=1S/C18H27N5O2/c1-14-16(20-13-25-14)18(24)23-9-4-6-15(12-23)17-19-7-11-22(17)10-5-8-21(2)3/h7,11,13,15H,4-6,8-10,12H2,1-3H3/t15-/m1/s1. The Bertz CT molecular complexity index is 706. The molecule has 2 aromatic rings. The van der Waals surface area contributed by atoms with Crippen LogP contribution >= 0.6 is 0 Å². The summed E-state index contributed by atoms with van der Waals surface area (Å²) >= 11 is 0. The van der Waals surface area contributed by atoms with Crippen molar-refractivity contribution in [2.75, 3.05) is 33.7 Å². The van der Waals surface area contributed by atoms with E-state index in [9.17, 15) is 4.79 Å². The van der Waals surface area contributed by atoms with Crippen LogP contribution in [0.3, 0.4) is 0 Å². The third-order valence-electron chi connectivity index (χ3n) is 4.77. The van der Waals surface area contributed by atoms with Gasteiger partial charge in [0, 0.05) is 37.9 Å². The van der Waals surface area contributed by atoms with Crippen molar-refractivity contribution in [3.05, 3.63) is 36.1 Å². The van der Waals surface area contributed by atoms with E-state index >= 15 is 0 Å². The molecule has 3 rings (SSSR count). The Kier molecular flexibility index (Phi) is 5.53. The minimum absolute atomic E-state index is 0.0401. The number of carbonyl (C=O) groups is 1. The molecule has 1 aliphatic heterocycles. The molecule has 0 bridgehead atoms. The van der Waals surface area contributed by atoms with Crippen LogP contribution < -0.4 is 0 Å². The van der Waals surface area contributed by atoms with Gasteiger partial charge < -0.3 is 18.8 Å². The first-order chi connectivity index (χ1) is 12.1. The lowest BCUT2D eigenvalue weighted by atomic mass is 9.96. The van der Waals surface area contributed by atoms with Crippen molar-refractivity contribution in [3.63, 3.8) is 0 Å². The maximum Gasteiger partial charge on any atom is 0.276 e. The lowest BCUT2D eigenvalue weighted by Crippen LogP contribution is -2.40. The molecule has 7 heteroatoms. The summed E-state index contributed by atoms with van der Waals surface area (Å²) in [5.74, 6) is 1.91. The number of rotatable bonds is 6. The van der Waals surface area contributed by atoms with Crippen molar-refractivity contribution in [1.82, 2.24) is 24.3 Å². The van der Waals surface area contributed by atoms with Gasteiger partial charge in [0.25, 0.3) is 5.91 Å². The first-order valence-electron chi connectivity index (χ1n) is 8.91. The van der Waals surface area contributed by atoms with Crippen LogP contribution in [0.25, 0.3) is 0 Å². The second-order valence-corrected chi connectivity index (χ2v) is 6.98. The summed E-state index contributed by atoms with van der Waals surface area (Å²) in [7, 11) is 4.18. The Hall–Kier alpha value is -2.15. The van der Waals surface area contributed by atoms with Crippen LogP contribution in [-0.4, -0.2) is 64.0 Å². The number of hydrogen-bond donors (Lipinski definition) is 0. The molecule has 1 amide bonds. The number of imidazole rings is 1. The van der Waals surface area contributed by atoms with E-state index in [2.05, 4.69) is 33.5 Å². The Morgan fingerprint density at radius 2 is 2.24 bits per heavy atom. The topological polar surface area (TPSA) is 67.4 Å². The summed E-state index contributed by atoms with van der Waals surface area (Å²) in [6.45, 7) is 5.25. The molecular formula is C18H27N5O2. The zero-order valence-electron chi connectivity index (χ0n) is 15.3. The van der Waals surface area contributed by atoms with Crippen molar-refractivity contribution in [2.24, 2.45) is 0 Å². The molecule has 0 radical (unpaired) electrons. The molecule has 2 aromatic heterocycles. The molecule has 136 valence electrons. The van der Waals surface area contributed by atoms with Gasteiger partial charge in [-0.15, -0.1) is 0 Å². The van der Waals surface area contributed by atoms with Crippen LogP contribution in [0.15, 0.2) is 23.2 Å². The van der Waals surface area contributed by atoms with Crippen molar-refractivity contribution in [2.45, 2.75) is 38.6 Å². The summed E-state index contributed by atoms with van der Waals surface area (Å²) in [5, 5.41) is 0. The van der Waals surface area contributed by atoms with Gasteiger partial charge >= 0.3 is 0 Å². The summed E-state index contributed by atoms with van der Waals surface area (Å²) in [4.78, 5) is 25.4. The number of piperidine rings is 1. The molecule has 1 saturated heterocycles. The van der Waals surface area contributed by atoms with Crippen LogP contribution in [0.2, 0.25) is 0 Å². The zero-order chi connectivity index (χ0) is 17.8. The number of oxazole rings is 1. The van der Waals surface area contributed by atoms with Gasteiger partial charge in [-0.1, -0.05) is 0 Å². The molecule has 0 aromatic carbocycles. The molecule has 3 heterocycles. The second kappa shape index (κ2) is 7.82. The average Bonchev–Trinajstić information content (AvgIpc) is 3.23. The van der Waals surface area contributed by atoms with E-state index < -0.39 is 0 Å². The van der Waals surface area contributed by atoms with E-state index in [0.29, 0.717) is 18.0 Å². The Morgan fingerprint density at radius 1 is 1.40 bits per heavy atom. The van der Waals surface area contributed by atoms with Crippen molar-refractivity contribution in [3.8, 4) is 0 Å². The fraction of sp³-hybridized carbons (Fsp3) is 0.611. The van der Waals surface area contributed by atoms with Gasteiger partial charge in [0.1, 0.15) is 11.6 Å². The molecule has 1 atom stereocenters. The van der Waals surface area contributed by atoms with Crippen LogP contribution in [0.1, 0.15) is 47.3 Å². The van der Waals surface area contributed by atoms with Gasteiger partial charge in [0.2, 0.25) is 0 Å². The first kappa shape index (κ1) is 17.7. The summed E-state index contributed by atoms with van der Waals surface area (Å²) in [5.41, 5.74) is 0.426. The van der Waals surface area contributed by atoms with E-state index in [4.69, 9.17) is 4.42 Å². The number of hydrogen-bond acceptors (Lipinski definition) is 5. The highest BCUT2D eigenvalue weighted by Gasteiger charge is 2.29. The molecule has 1 fully saturated rings. The van der Waals surface area contributed by atoms with Crippen molar-refractivity contribution >= 4 is 5.91 Å². The molecule has 0 N–H and O–H groups in total. The molecule has 1 aliphatic rings. The maximum atomic E-state index is 12.7. The number of likely N-dealkylation sites (tertiary alicyclic amines) is 1. The van der Waals surface area contributed by atoms with E-state index in [1.807, 2.05) is 17.3 Å². The molecular weight excluding hydrogens is 318 g/mol. The van der Waals surface area contributed by atoms with Crippen molar-refractivity contribution in [1.29, 1.82) is 0 Å². The van der Waals surface area contributed by atoms with Gasteiger partial charge in [-0.3, -0.25) is 4.79 Å². The van der Waals surface area contributed by atoms with Gasteiger partial charge in [0.05, 0.1) is 0 Å². The molecule has 25 heavy (non-hydrogen) atoms. The summed E-state index contributed by atoms with van der Waals surface area (Å²) < 4.78 is 7.42. The molecule has 0 saturated carbocycles. The van der Waals surface area contributed by atoms with Crippen LogP contribution in [0, 0.1) is 6.92 Å². The number of aryl methyl sites for hydroxylation is 2. The SMILES string of the molecule is Cc1ocnc1C(=O)N1CCC[C@@H](c2nccn2CCCN(C)C)C1. The normalized spacial score (nSPS) is 18.1. The largest absolute Gasteiger partial charge is 0.448 e. The zero-order valence-corrected chi connectivity index (χ0v) is 15.3. The molecule has 0 unspecified atom stereocenters. The summed E-state index contributed by atoms with van der Waals surface area (Å²) in [6.07, 6.45) is 8.39. The van der Waals surface area contributed by atoms with E-state index in [1.54, 1.807) is 6.92 Å². The monoisotopic (exact) mass is 345 g/mol. The predicted octanol–water partition coefficient (Wildman–Crippen LogP) is 2.15. The predicted molar refractivity (Wildman–Crippen MR) is 94.5 cm³/mol. The Labute approximate surface area is 148 Å². The third kappa shape index (κ3) is 4.10. The summed E-state index contributed by atoms with van der Waals surface area (Å²) in [6, 6.07) is 0. The third-order valence-corrected chi connectivity index (χ3v) is 4.77. The Balaban J connectivity index is 1.67. The highest BCUT2D eigenvalue weighted by molar-refractivity contribution is 5.93. The Morgan fingerprint density at radius 3 is 2.96 bits per heavy atom. The van der Waals surface area contributed by atoms with Crippen LogP contribution in [0.5, 0.6) is 0 Å². The van der Waals surface area contributed by atoms with Crippen LogP contribution in [-0.2, 0) is 6.54 Å². The van der Waals surface area contributed by atoms with Crippen LogP contribution in [0.4, 0.5) is 0 Å². The fourth-order valence-electron chi connectivity index (χ4n) is 3.46. The maximum absolute atomic E-state index is 12.7. The highest BCUT2D eigenvalue weighted by atomic mass is 16.3. The molecule has 0 spiro atoms. The smallest absolute Gasteiger partial charge is 0.276 e. The second-order valence-electron chi connectivity index (χ2n) is 6.98. The van der Waals surface area contributed by atoms with E-state index in [-0.39, 0.29) is 11.8 Å². The minimum Gasteiger partial charge on any atom is -0.448 e. The minimum atomic E-state index is -0.0401. The highest BCUT2D eigenvalue weighted by Crippen LogP contribution is 2.27. The number of amides is 1. The van der Waals surface area contributed by atoms with Gasteiger partial charge in [-0.05, 0) is 46.8 Å². The fourth-order valence-corrected chi connectivity index (χ4v) is 3.46. The lowest BCUT2D eigenvalue weighted by Gasteiger charge is -2.32. The number of aromatic nitrogens is 3. The molecule has 0 aliphatic carbocycles. The molecule has 7 nitrogen and oxygen atoms in total. The lowest BCUT2D eigenvalue weighted by molar-refractivity contribution is 0.0696. The number of carbonyl (C=O) groups excluding carboxylic acids is 1. The van der Waals surface area contributed by atoms with Gasteiger partial charge in [-0.2, -0.15) is 0 Å². The first-order valence-corrected chi connectivity index (χ1v) is 8.91. The van der Waals surface area contributed by atoms with Gasteiger partial charge in [-0.25, -0.2) is 9.97 Å². The average molecular weight is 345 g/mol. The van der Waals surface area contributed by atoms with E-state index in [1.165, 1.54) is 6.39 Å². The van der Waals surface area contributed by atoms with Gasteiger partial charge in [0.15, 0.2) is 12.1 Å². The van der Waals surface area contributed by atoms with E-state index in [0.717, 1.165) is 44.7 Å². The van der Waals surface area contributed by atoms with Crippen molar-refractivity contribution < 1.29 is 9.21 Å².